The third-order valence-electron chi connectivity index (χ3n) is 3.65. The number of para-hydroxylation sites is 1. The Morgan fingerprint density at radius 1 is 1.16 bits per heavy atom. The van der Waals surface area contributed by atoms with Crippen molar-refractivity contribution < 1.29 is 14.3 Å². The van der Waals surface area contributed by atoms with E-state index in [0.29, 0.717) is 11.3 Å². The molecule has 3 rings (SSSR count). The summed E-state index contributed by atoms with van der Waals surface area (Å²) in [5.41, 5.74) is 2.51. The number of aromatic nitrogens is 2. The van der Waals surface area contributed by atoms with Crippen molar-refractivity contribution in [2.75, 3.05) is 5.32 Å². The number of fused-ring (bicyclic) bond motifs is 1. The van der Waals surface area contributed by atoms with E-state index >= 15 is 0 Å². The summed E-state index contributed by atoms with van der Waals surface area (Å²) in [6.07, 6.45) is 2.01. The number of ether oxygens (including phenoxy) is 1. The molecule has 0 saturated carbocycles. The minimum absolute atomic E-state index is 0.298. The highest BCUT2D eigenvalue weighted by Crippen LogP contribution is 2.23. The van der Waals surface area contributed by atoms with Crippen molar-refractivity contribution in [2.45, 2.75) is 20.0 Å². The molecular formula is C19H17N3O3. The van der Waals surface area contributed by atoms with Crippen LogP contribution in [0.15, 0.2) is 54.9 Å². The van der Waals surface area contributed by atoms with Gasteiger partial charge in [0.1, 0.15) is 0 Å². The highest BCUT2D eigenvalue weighted by molar-refractivity contribution is 6.03. The molecule has 25 heavy (non-hydrogen) atoms. The van der Waals surface area contributed by atoms with Crippen LogP contribution in [0.3, 0.4) is 0 Å². The number of pyridine rings is 2. The fourth-order valence-electron chi connectivity index (χ4n) is 2.41. The maximum Gasteiger partial charge on any atom is 0.340 e. The van der Waals surface area contributed by atoms with Gasteiger partial charge in [-0.25, -0.2) is 4.79 Å². The van der Waals surface area contributed by atoms with E-state index in [2.05, 4.69) is 15.3 Å². The molecule has 0 radical (unpaired) electrons. The van der Waals surface area contributed by atoms with E-state index in [4.69, 9.17) is 4.74 Å². The van der Waals surface area contributed by atoms with Crippen molar-refractivity contribution in [3.05, 3.63) is 66.1 Å². The van der Waals surface area contributed by atoms with Gasteiger partial charge in [-0.2, -0.15) is 0 Å². The molecule has 0 aliphatic heterocycles. The lowest BCUT2D eigenvalue weighted by atomic mass is 10.1. The Morgan fingerprint density at radius 3 is 2.72 bits per heavy atom. The first-order chi connectivity index (χ1) is 12.0. The monoisotopic (exact) mass is 335 g/mol. The number of esters is 1. The van der Waals surface area contributed by atoms with Gasteiger partial charge >= 0.3 is 5.97 Å². The van der Waals surface area contributed by atoms with Crippen LogP contribution in [0.1, 0.15) is 23.0 Å². The minimum Gasteiger partial charge on any atom is -0.449 e. The molecule has 126 valence electrons. The van der Waals surface area contributed by atoms with Gasteiger partial charge in [0.2, 0.25) is 0 Å². The van der Waals surface area contributed by atoms with Crippen molar-refractivity contribution in [1.29, 1.82) is 0 Å². The van der Waals surface area contributed by atoms with E-state index in [1.807, 2.05) is 31.2 Å². The van der Waals surface area contributed by atoms with E-state index in [1.54, 1.807) is 24.4 Å². The molecule has 2 heterocycles. The van der Waals surface area contributed by atoms with Gasteiger partial charge in [0.25, 0.3) is 5.91 Å². The van der Waals surface area contributed by atoms with Gasteiger partial charge in [-0.15, -0.1) is 0 Å². The number of carbonyl (C=O) groups excluding carboxylic acids is 2. The van der Waals surface area contributed by atoms with Gasteiger partial charge < -0.3 is 10.1 Å². The van der Waals surface area contributed by atoms with E-state index in [1.165, 1.54) is 13.1 Å². The molecule has 1 N–H and O–H groups in total. The number of carbonyl (C=O) groups is 2. The predicted molar refractivity (Wildman–Crippen MR) is 94.2 cm³/mol. The maximum absolute atomic E-state index is 12.4. The standard InChI is InChI=1S/C19H17N3O3/c1-12-10-17(15-7-3-4-8-16(15)21-12)22-18(23)13(2)25-19(24)14-6-5-9-20-11-14/h3-11,13H,1-2H3,(H,21,22,23). The van der Waals surface area contributed by atoms with E-state index in [-0.39, 0.29) is 0 Å². The molecule has 1 amide bonds. The van der Waals surface area contributed by atoms with Crippen molar-refractivity contribution in [3.8, 4) is 0 Å². The van der Waals surface area contributed by atoms with Gasteiger partial charge in [0.15, 0.2) is 6.10 Å². The Labute approximate surface area is 144 Å². The summed E-state index contributed by atoms with van der Waals surface area (Å²) in [6, 6.07) is 12.5. The molecule has 1 atom stereocenters. The van der Waals surface area contributed by atoms with Crippen LogP contribution in [-0.2, 0) is 9.53 Å². The van der Waals surface area contributed by atoms with Crippen LogP contribution in [0, 0.1) is 6.92 Å². The molecule has 0 fully saturated rings. The Balaban J connectivity index is 1.75. The fraction of sp³-hybridized carbons (Fsp3) is 0.158. The Kier molecular flexibility index (Phi) is 4.70. The molecule has 0 aliphatic carbocycles. The van der Waals surface area contributed by atoms with Crippen LogP contribution >= 0.6 is 0 Å². The zero-order valence-corrected chi connectivity index (χ0v) is 13.9. The summed E-state index contributed by atoms with van der Waals surface area (Å²) in [5.74, 6) is -1.00. The predicted octanol–water partition coefficient (Wildman–Crippen LogP) is 3.12. The lowest BCUT2D eigenvalue weighted by molar-refractivity contribution is -0.123. The number of amides is 1. The third kappa shape index (κ3) is 3.80. The van der Waals surface area contributed by atoms with Crippen LogP contribution < -0.4 is 5.32 Å². The number of benzene rings is 1. The normalized spacial score (nSPS) is 11.8. The fourth-order valence-corrected chi connectivity index (χ4v) is 2.41. The summed E-state index contributed by atoms with van der Waals surface area (Å²) < 4.78 is 5.21. The number of rotatable bonds is 4. The average Bonchev–Trinajstić information content (AvgIpc) is 2.62. The summed E-state index contributed by atoms with van der Waals surface area (Å²) in [5, 5.41) is 3.64. The molecule has 0 spiro atoms. The average molecular weight is 335 g/mol. The molecule has 0 bridgehead atoms. The zero-order chi connectivity index (χ0) is 17.8. The molecule has 2 aromatic heterocycles. The smallest absolute Gasteiger partial charge is 0.340 e. The number of hydrogen-bond donors (Lipinski definition) is 1. The van der Waals surface area contributed by atoms with E-state index < -0.39 is 18.0 Å². The molecular weight excluding hydrogens is 318 g/mol. The summed E-state index contributed by atoms with van der Waals surface area (Å²) in [7, 11) is 0. The first kappa shape index (κ1) is 16.6. The van der Waals surface area contributed by atoms with Crippen molar-refractivity contribution in [1.82, 2.24) is 9.97 Å². The lowest BCUT2D eigenvalue weighted by Gasteiger charge is -2.15. The molecule has 3 aromatic rings. The van der Waals surface area contributed by atoms with Crippen LogP contribution in [-0.4, -0.2) is 27.9 Å². The Hall–Kier alpha value is -3.28. The van der Waals surface area contributed by atoms with Gasteiger partial charge in [-0.3, -0.25) is 14.8 Å². The second kappa shape index (κ2) is 7.09. The number of nitrogens with zero attached hydrogens (tertiary/aromatic N) is 2. The van der Waals surface area contributed by atoms with Crippen LogP contribution in [0.4, 0.5) is 5.69 Å². The third-order valence-corrected chi connectivity index (χ3v) is 3.65. The first-order valence-electron chi connectivity index (χ1n) is 7.83. The number of hydrogen-bond acceptors (Lipinski definition) is 5. The van der Waals surface area contributed by atoms with Crippen molar-refractivity contribution in [3.63, 3.8) is 0 Å². The van der Waals surface area contributed by atoms with E-state index in [0.717, 1.165) is 16.6 Å². The second-order valence-corrected chi connectivity index (χ2v) is 5.61. The molecule has 0 saturated heterocycles. The molecule has 0 aliphatic rings. The largest absolute Gasteiger partial charge is 0.449 e. The van der Waals surface area contributed by atoms with Crippen LogP contribution in [0.5, 0.6) is 0 Å². The Morgan fingerprint density at radius 2 is 1.96 bits per heavy atom. The number of anilines is 1. The molecule has 1 unspecified atom stereocenters. The molecule has 6 nitrogen and oxygen atoms in total. The lowest BCUT2D eigenvalue weighted by Crippen LogP contribution is -2.30. The zero-order valence-electron chi connectivity index (χ0n) is 13.9. The summed E-state index contributed by atoms with van der Waals surface area (Å²) in [6.45, 7) is 3.38. The number of aryl methyl sites for hydroxylation is 1. The number of nitrogens with one attached hydrogen (secondary N) is 1. The SMILES string of the molecule is Cc1cc(NC(=O)C(C)OC(=O)c2cccnc2)c2ccccc2n1. The highest BCUT2D eigenvalue weighted by Gasteiger charge is 2.20. The maximum atomic E-state index is 12.4. The first-order valence-corrected chi connectivity index (χ1v) is 7.83. The quantitative estimate of drug-likeness (QED) is 0.741. The summed E-state index contributed by atoms with van der Waals surface area (Å²) in [4.78, 5) is 32.7. The topological polar surface area (TPSA) is 81.2 Å². The molecule has 6 heteroatoms. The van der Waals surface area contributed by atoms with Crippen molar-refractivity contribution >= 4 is 28.5 Å². The van der Waals surface area contributed by atoms with Gasteiger partial charge in [-0.05, 0) is 38.1 Å². The van der Waals surface area contributed by atoms with Crippen LogP contribution in [0.2, 0.25) is 0 Å². The van der Waals surface area contributed by atoms with Gasteiger partial charge in [0, 0.05) is 23.5 Å². The minimum atomic E-state index is -0.945. The second-order valence-electron chi connectivity index (χ2n) is 5.61. The van der Waals surface area contributed by atoms with E-state index in [9.17, 15) is 9.59 Å². The van der Waals surface area contributed by atoms with Gasteiger partial charge in [0.05, 0.1) is 16.8 Å². The van der Waals surface area contributed by atoms with Crippen molar-refractivity contribution in [2.24, 2.45) is 0 Å². The summed E-state index contributed by atoms with van der Waals surface area (Å²) >= 11 is 0. The molecule has 1 aromatic carbocycles. The highest BCUT2D eigenvalue weighted by atomic mass is 16.5. The Bertz CT molecular complexity index is 926. The van der Waals surface area contributed by atoms with Crippen LogP contribution in [0.25, 0.3) is 10.9 Å². The van der Waals surface area contributed by atoms with Gasteiger partial charge in [-0.1, -0.05) is 18.2 Å².